The lowest BCUT2D eigenvalue weighted by atomic mass is 10.1. The van der Waals surface area contributed by atoms with Gasteiger partial charge in [-0.1, -0.05) is 11.6 Å². The second-order valence-corrected chi connectivity index (χ2v) is 7.62. The van der Waals surface area contributed by atoms with Gasteiger partial charge in [0.1, 0.15) is 0 Å². The van der Waals surface area contributed by atoms with E-state index in [1.54, 1.807) is 41.3 Å². The fourth-order valence-corrected chi connectivity index (χ4v) is 3.66. The average molecular weight is 433 g/mol. The number of morpholine rings is 1. The number of rotatable bonds is 5. The standard InChI is InChI=1S/C22H25ClN2O5/c1-13-11-25(12-14(2)30-13)22(27)17-10-16(23)6-7-18(17)24-21(26)15-5-8-19(28-3)20(9-15)29-4/h5-10,13-14H,11-12H2,1-4H3,(H,24,26)/t13-,14-/m0/s1. The van der Waals surface area contributed by atoms with E-state index in [0.717, 1.165) is 0 Å². The van der Waals surface area contributed by atoms with Crippen LogP contribution in [-0.4, -0.2) is 56.2 Å². The van der Waals surface area contributed by atoms with Gasteiger partial charge >= 0.3 is 0 Å². The molecule has 0 aliphatic carbocycles. The van der Waals surface area contributed by atoms with E-state index in [2.05, 4.69) is 5.32 Å². The van der Waals surface area contributed by atoms with Crippen molar-refractivity contribution >= 4 is 29.1 Å². The van der Waals surface area contributed by atoms with Crippen LogP contribution in [0.15, 0.2) is 36.4 Å². The number of hydrogen-bond acceptors (Lipinski definition) is 5. The summed E-state index contributed by atoms with van der Waals surface area (Å²) < 4.78 is 16.2. The van der Waals surface area contributed by atoms with E-state index < -0.39 is 0 Å². The number of methoxy groups -OCH3 is 2. The van der Waals surface area contributed by atoms with Gasteiger partial charge in [-0.15, -0.1) is 0 Å². The van der Waals surface area contributed by atoms with Gasteiger partial charge in [0.15, 0.2) is 11.5 Å². The van der Waals surface area contributed by atoms with Crippen LogP contribution in [0.25, 0.3) is 0 Å². The minimum Gasteiger partial charge on any atom is -0.493 e. The summed E-state index contributed by atoms with van der Waals surface area (Å²) in [6, 6.07) is 9.68. The van der Waals surface area contributed by atoms with Crippen LogP contribution >= 0.6 is 11.6 Å². The molecule has 7 nitrogen and oxygen atoms in total. The molecule has 8 heteroatoms. The fraction of sp³-hybridized carbons (Fsp3) is 0.364. The molecule has 0 radical (unpaired) electrons. The van der Waals surface area contributed by atoms with Crippen molar-refractivity contribution in [3.63, 3.8) is 0 Å². The molecule has 0 spiro atoms. The molecule has 1 N–H and O–H groups in total. The van der Waals surface area contributed by atoms with Crippen molar-refractivity contribution in [2.45, 2.75) is 26.1 Å². The van der Waals surface area contributed by atoms with Crippen molar-refractivity contribution in [3.8, 4) is 11.5 Å². The van der Waals surface area contributed by atoms with Gasteiger partial charge in [-0.2, -0.15) is 0 Å². The normalized spacial score (nSPS) is 18.6. The Labute approximate surface area is 180 Å². The number of amides is 2. The summed E-state index contributed by atoms with van der Waals surface area (Å²) in [4.78, 5) is 27.7. The van der Waals surface area contributed by atoms with Crippen molar-refractivity contribution in [2.75, 3.05) is 32.6 Å². The summed E-state index contributed by atoms with van der Waals surface area (Å²) >= 11 is 6.15. The minimum atomic E-state index is -0.379. The number of carbonyl (C=O) groups is 2. The second kappa shape index (κ2) is 9.36. The maximum absolute atomic E-state index is 13.2. The molecule has 1 aliphatic rings. The van der Waals surface area contributed by atoms with E-state index in [0.29, 0.717) is 46.4 Å². The van der Waals surface area contributed by atoms with E-state index in [-0.39, 0.29) is 24.0 Å². The van der Waals surface area contributed by atoms with Crippen molar-refractivity contribution in [1.29, 1.82) is 0 Å². The third kappa shape index (κ3) is 4.86. The van der Waals surface area contributed by atoms with Crippen LogP contribution < -0.4 is 14.8 Å². The largest absolute Gasteiger partial charge is 0.493 e. The lowest BCUT2D eigenvalue weighted by molar-refractivity contribution is -0.0585. The Bertz CT molecular complexity index is 939. The predicted octanol–water partition coefficient (Wildman–Crippen LogP) is 3.86. The van der Waals surface area contributed by atoms with Gasteiger partial charge in [0, 0.05) is 23.7 Å². The van der Waals surface area contributed by atoms with E-state index in [4.69, 9.17) is 25.8 Å². The smallest absolute Gasteiger partial charge is 0.256 e. The molecular formula is C22H25ClN2O5. The third-order valence-corrected chi connectivity index (χ3v) is 5.05. The number of benzene rings is 2. The highest BCUT2D eigenvalue weighted by molar-refractivity contribution is 6.31. The monoisotopic (exact) mass is 432 g/mol. The Kier molecular flexibility index (Phi) is 6.84. The minimum absolute atomic E-state index is 0.0679. The van der Waals surface area contributed by atoms with Crippen LogP contribution in [0.2, 0.25) is 5.02 Å². The molecule has 2 atom stereocenters. The number of halogens is 1. The molecular weight excluding hydrogens is 408 g/mol. The van der Waals surface area contributed by atoms with Crippen molar-refractivity contribution in [3.05, 3.63) is 52.5 Å². The number of anilines is 1. The van der Waals surface area contributed by atoms with E-state index in [9.17, 15) is 9.59 Å². The fourth-order valence-electron chi connectivity index (χ4n) is 3.49. The molecule has 2 aromatic carbocycles. The summed E-state index contributed by atoms with van der Waals surface area (Å²) in [5, 5.41) is 3.23. The summed E-state index contributed by atoms with van der Waals surface area (Å²) in [7, 11) is 3.02. The predicted molar refractivity (Wildman–Crippen MR) is 115 cm³/mol. The molecule has 2 amide bonds. The third-order valence-electron chi connectivity index (χ3n) is 4.81. The van der Waals surface area contributed by atoms with Gasteiger partial charge in [-0.05, 0) is 50.2 Å². The first-order chi connectivity index (χ1) is 14.3. The van der Waals surface area contributed by atoms with Crippen LogP contribution in [0.5, 0.6) is 11.5 Å². The number of carbonyl (C=O) groups excluding carboxylic acids is 2. The van der Waals surface area contributed by atoms with Gasteiger partial charge in [0.05, 0.1) is 37.7 Å². The molecule has 1 aliphatic heterocycles. The first-order valence-electron chi connectivity index (χ1n) is 9.60. The Morgan fingerprint density at radius 1 is 1.03 bits per heavy atom. The quantitative estimate of drug-likeness (QED) is 0.776. The Morgan fingerprint density at radius 2 is 1.70 bits per heavy atom. The molecule has 0 bridgehead atoms. The first-order valence-corrected chi connectivity index (χ1v) is 9.97. The Balaban J connectivity index is 1.86. The van der Waals surface area contributed by atoms with Gasteiger partial charge in [-0.3, -0.25) is 9.59 Å². The molecule has 0 unspecified atom stereocenters. The van der Waals surface area contributed by atoms with Gasteiger partial charge in [0.2, 0.25) is 0 Å². The molecule has 1 heterocycles. The molecule has 30 heavy (non-hydrogen) atoms. The highest BCUT2D eigenvalue weighted by Crippen LogP contribution is 2.29. The summed E-state index contributed by atoms with van der Waals surface area (Å²) in [6.07, 6.45) is -0.136. The van der Waals surface area contributed by atoms with Crippen LogP contribution in [0.3, 0.4) is 0 Å². The lowest BCUT2D eigenvalue weighted by Crippen LogP contribution is -2.48. The maximum Gasteiger partial charge on any atom is 0.256 e. The zero-order chi connectivity index (χ0) is 21.8. The SMILES string of the molecule is COc1ccc(C(=O)Nc2ccc(Cl)cc2C(=O)N2C[C@H](C)O[C@@H](C)C2)cc1OC. The average Bonchev–Trinajstić information content (AvgIpc) is 2.73. The summed E-state index contributed by atoms with van der Waals surface area (Å²) in [5.74, 6) is 0.374. The van der Waals surface area contributed by atoms with E-state index in [1.807, 2.05) is 13.8 Å². The number of nitrogens with zero attached hydrogens (tertiary/aromatic N) is 1. The van der Waals surface area contributed by atoms with Crippen molar-refractivity contribution in [2.24, 2.45) is 0 Å². The Morgan fingerprint density at radius 3 is 2.33 bits per heavy atom. The topological polar surface area (TPSA) is 77.1 Å². The molecule has 160 valence electrons. The van der Waals surface area contributed by atoms with Crippen LogP contribution in [0.1, 0.15) is 34.6 Å². The van der Waals surface area contributed by atoms with Gasteiger partial charge in [0.25, 0.3) is 11.8 Å². The van der Waals surface area contributed by atoms with E-state index >= 15 is 0 Å². The number of nitrogens with one attached hydrogen (secondary N) is 1. The first kappa shape index (κ1) is 21.9. The lowest BCUT2D eigenvalue weighted by Gasteiger charge is -2.35. The molecule has 3 rings (SSSR count). The van der Waals surface area contributed by atoms with Crippen LogP contribution in [-0.2, 0) is 4.74 Å². The van der Waals surface area contributed by atoms with E-state index in [1.165, 1.54) is 14.2 Å². The molecule has 1 saturated heterocycles. The van der Waals surface area contributed by atoms with Gasteiger partial charge < -0.3 is 24.4 Å². The molecule has 0 aromatic heterocycles. The summed E-state index contributed by atoms with van der Waals surface area (Å²) in [5.41, 5.74) is 1.09. The van der Waals surface area contributed by atoms with Crippen molar-refractivity contribution < 1.29 is 23.8 Å². The number of hydrogen-bond donors (Lipinski definition) is 1. The number of ether oxygens (including phenoxy) is 3. The highest BCUT2D eigenvalue weighted by atomic mass is 35.5. The summed E-state index contributed by atoms with van der Waals surface area (Å²) in [6.45, 7) is 4.79. The molecule has 2 aromatic rings. The molecule has 1 fully saturated rings. The highest BCUT2D eigenvalue weighted by Gasteiger charge is 2.28. The zero-order valence-electron chi connectivity index (χ0n) is 17.4. The zero-order valence-corrected chi connectivity index (χ0v) is 18.2. The van der Waals surface area contributed by atoms with Crippen LogP contribution in [0, 0.1) is 0 Å². The Hall–Kier alpha value is -2.77. The maximum atomic E-state index is 13.2. The molecule has 0 saturated carbocycles. The van der Waals surface area contributed by atoms with Crippen molar-refractivity contribution in [1.82, 2.24) is 4.90 Å². The van der Waals surface area contributed by atoms with Gasteiger partial charge in [-0.25, -0.2) is 0 Å². The van der Waals surface area contributed by atoms with Crippen LogP contribution in [0.4, 0.5) is 5.69 Å². The second-order valence-electron chi connectivity index (χ2n) is 7.18.